The summed E-state index contributed by atoms with van der Waals surface area (Å²) >= 11 is 0. The molecule has 0 bridgehead atoms. The van der Waals surface area contributed by atoms with Gasteiger partial charge in [0.05, 0.1) is 6.61 Å². The summed E-state index contributed by atoms with van der Waals surface area (Å²) in [4.78, 5) is 0. The van der Waals surface area contributed by atoms with Gasteiger partial charge in [0.15, 0.2) is 0 Å². The molecule has 1 heterocycles. The summed E-state index contributed by atoms with van der Waals surface area (Å²) < 4.78 is 16.5. The van der Waals surface area contributed by atoms with Gasteiger partial charge in [-0.1, -0.05) is 24.3 Å². The first kappa shape index (κ1) is 13.7. The van der Waals surface area contributed by atoms with E-state index in [4.69, 9.17) is 4.74 Å². The highest BCUT2D eigenvalue weighted by atomic mass is 32.2. The van der Waals surface area contributed by atoms with Crippen LogP contribution in [-0.4, -0.2) is 28.9 Å². The van der Waals surface area contributed by atoms with Crippen LogP contribution in [0.5, 0.6) is 0 Å². The molecular formula is C14H21NO2S. The average molecular weight is 267 g/mol. The zero-order chi connectivity index (χ0) is 12.8. The molecule has 0 amide bonds. The van der Waals surface area contributed by atoms with Crippen LogP contribution in [0.2, 0.25) is 0 Å². The molecule has 0 aromatic heterocycles. The molecule has 1 aliphatic heterocycles. The van der Waals surface area contributed by atoms with Gasteiger partial charge in [-0.15, -0.1) is 0 Å². The summed E-state index contributed by atoms with van der Waals surface area (Å²) in [6, 6.07) is 8.87. The summed E-state index contributed by atoms with van der Waals surface area (Å²) in [5.41, 5.74) is 2.54. The van der Waals surface area contributed by atoms with Crippen molar-refractivity contribution in [2.75, 3.05) is 18.6 Å². The van der Waals surface area contributed by atoms with Crippen molar-refractivity contribution in [2.45, 2.75) is 32.0 Å². The molecule has 2 rings (SSSR count). The minimum atomic E-state index is -0.576. The zero-order valence-corrected chi connectivity index (χ0v) is 11.7. The van der Waals surface area contributed by atoms with E-state index in [1.165, 1.54) is 11.1 Å². The fourth-order valence-corrected chi connectivity index (χ4v) is 3.58. The second-order valence-corrected chi connectivity index (χ2v) is 6.40. The predicted octanol–water partition coefficient (Wildman–Crippen LogP) is 1.83. The van der Waals surface area contributed by atoms with Crippen LogP contribution in [0.4, 0.5) is 0 Å². The highest BCUT2D eigenvalue weighted by Crippen LogP contribution is 2.13. The van der Waals surface area contributed by atoms with Crippen LogP contribution >= 0.6 is 0 Å². The third-order valence-corrected chi connectivity index (χ3v) is 4.77. The summed E-state index contributed by atoms with van der Waals surface area (Å²) in [5.74, 6) is 1.69. The molecule has 0 atom stereocenters. The van der Waals surface area contributed by atoms with Crippen molar-refractivity contribution < 1.29 is 8.95 Å². The lowest BCUT2D eigenvalue weighted by atomic mass is 10.1. The van der Waals surface area contributed by atoms with Gasteiger partial charge in [-0.25, -0.2) is 0 Å². The van der Waals surface area contributed by atoms with Gasteiger partial charge in [-0.05, 0) is 24.0 Å². The van der Waals surface area contributed by atoms with Crippen molar-refractivity contribution in [3.8, 4) is 0 Å². The minimum absolute atomic E-state index is 0.512. The molecular weight excluding hydrogens is 246 g/mol. The molecule has 1 aliphatic rings. The summed E-state index contributed by atoms with van der Waals surface area (Å²) in [6.07, 6.45) is 2.05. The summed E-state index contributed by atoms with van der Waals surface area (Å²) in [6.45, 7) is 1.53. The Morgan fingerprint density at radius 1 is 1.28 bits per heavy atom. The van der Waals surface area contributed by atoms with E-state index in [0.717, 1.165) is 30.9 Å². The van der Waals surface area contributed by atoms with Crippen molar-refractivity contribution in [1.82, 2.24) is 5.32 Å². The highest BCUT2D eigenvalue weighted by molar-refractivity contribution is 7.85. The number of methoxy groups -OCH3 is 1. The molecule has 0 saturated carbocycles. The normalized spacial score (nSPS) is 24.1. The molecule has 1 fully saturated rings. The van der Waals surface area contributed by atoms with Gasteiger partial charge < -0.3 is 10.1 Å². The third-order valence-electron chi connectivity index (χ3n) is 3.39. The monoisotopic (exact) mass is 267 g/mol. The second kappa shape index (κ2) is 7.02. The molecule has 100 valence electrons. The lowest BCUT2D eigenvalue weighted by Gasteiger charge is -2.23. The Balaban J connectivity index is 1.87. The van der Waals surface area contributed by atoms with Gasteiger partial charge >= 0.3 is 0 Å². The van der Waals surface area contributed by atoms with E-state index in [2.05, 4.69) is 23.5 Å². The smallest absolute Gasteiger partial charge is 0.0716 e. The Morgan fingerprint density at radius 2 is 1.94 bits per heavy atom. The lowest BCUT2D eigenvalue weighted by Crippen LogP contribution is -2.35. The Morgan fingerprint density at radius 3 is 2.61 bits per heavy atom. The van der Waals surface area contributed by atoms with Gasteiger partial charge in [-0.3, -0.25) is 4.21 Å². The molecule has 1 saturated heterocycles. The van der Waals surface area contributed by atoms with Crippen molar-refractivity contribution in [2.24, 2.45) is 0 Å². The fraction of sp³-hybridized carbons (Fsp3) is 0.571. The number of rotatable bonds is 5. The molecule has 0 unspecified atom stereocenters. The number of benzene rings is 1. The Hall–Kier alpha value is -0.710. The number of ether oxygens (including phenoxy) is 1. The molecule has 1 N–H and O–H groups in total. The zero-order valence-electron chi connectivity index (χ0n) is 10.9. The molecule has 1 aromatic carbocycles. The van der Waals surface area contributed by atoms with E-state index in [-0.39, 0.29) is 0 Å². The van der Waals surface area contributed by atoms with Gasteiger partial charge in [0.25, 0.3) is 0 Å². The molecule has 18 heavy (non-hydrogen) atoms. The predicted molar refractivity (Wildman–Crippen MR) is 74.9 cm³/mol. The van der Waals surface area contributed by atoms with Crippen molar-refractivity contribution in [1.29, 1.82) is 0 Å². The molecule has 4 heteroatoms. The van der Waals surface area contributed by atoms with E-state index in [1.807, 2.05) is 6.07 Å². The van der Waals surface area contributed by atoms with E-state index < -0.39 is 10.8 Å². The van der Waals surface area contributed by atoms with Crippen LogP contribution in [0.15, 0.2) is 24.3 Å². The first-order chi connectivity index (χ1) is 8.79. The Bertz CT molecular complexity index is 399. The van der Waals surface area contributed by atoms with Crippen molar-refractivity contribution in [3.05, 3.63) is 35.4 Å². The van der Waals surface area contributed by atoms with Crippen molar-refractivity contribution >= 4 is 10.8 Å². The van der Waals surface area contributed by atoms with Gasteiger partial charge in [0.1, 0.15) is 0 Å². The van der Waals surface area contributed by atoms with Gasteiger partial charge in [-0.2, -0.15) is 0 Å². The first-order valence-corrected chi connectivity index (χ1v) is 7.92. The number of hydrogen-bond donors (Lipinski definition) is 1. The fourth-order valence-electron chi connectivity index (χ4n) is 2.28. The van der Waals surface area contributed by atoms with Crippen LogP contribution in [0.3, 0.4) is 0 Å². The van der Waals surface area contributed by atoms with Gasteiger partial charge in [0, 0.05) is 42.0 Å². The number of hydrogen-bond acceptors (Lipinski definition) is 3. The summed E-state index contributed by atoms with van der Waals surface area (Å²) in [7, 11) is 1.15. The highest BCUT2D eigenvalue weighted by Gasteiger charge is 2.17. The lowest BCUT2D eigenvalue weighted by molar-refractivity contribution is 0.184. The quantitative estimate of drug-likeness (QED) is 0.884. The maximum atomic E-state index is 11.3. The van der Waals surface area contributed by atoms with Crippen LogP contribution in [0.25, 0.3) is 0 Å². The largest absolute Gasteiger partial charge is 0.380 e. The second-order valence-electron chi connectivity index (χ2n) is 4.70. The third kappa shape index (κ3) is 3.90. The van der Waals surface area contributed by atoms with E-state index in [0.29, 0.717) is 12.6 Å². The van der Waals surface area contributed by atoms with E-state index in [9.17, 15) is 4.21 Å². The standard InChI is InChI=1S/C14H21NO2S/c1-17-11-13-5-3-2-4-12(13)10-15-14-6-8-18(16)9-7-14/h2-5,14-15H,6-11H2,1H3. The van der Waals surface area contributed by atoms with Crippen molar-refractivity contribution in [3.63, 3.8) is 0 Å². The van der Waals surface area contributed by atoms with Crippen LogP contribution in [0, 0.1) is 0 Å². The minimum Gasteiger partial charge on any atom is -0.380 e. The molecule has 1 aromatic rings. The molecule has 0 radical (unpaired) electrons. The van der Waals surface area contributed by atoms with Crippen LogP contribution in [0.1, 0.15) is 24.0 Å². The van der Waals surface area contributed by atoms with E-state index in [1.54, 1.807) is 7.11 Å². The maximum absolute atomic E-state index is 11.3. The van der Waals surface area contributed by atoms with Crippen LogP contribution < -0.4 is 5.32 Å². The SMILES string of the molecule is COCc1ccccc1CNC1CCS(=O)CC1. The molecule has 0 spiro atoms. The number of nitrogens with one attached hydrogen (secondary N) is 1. The molecule has 3 nitrogen and oxygen atoms in total. The first-order valence-electron chi connectivity index (χ1n) is 6.43. The topological polar surface area (TPSA) is 38.3 Å². The van der Waals surface area contributed by atoms with Gasteiger partial charge in [0.2, 0.25) is 0 Å². The Kier molecular flexibility index (Phi) is 5.35. The Labute approximate surface area is 111 Å². The summed E-state index contributed by atoms with van der Waals surface area (Å²) in [5, 5.41) is 3.57. The average Bonchev–Trinajstić information content (AvgIpc) is 2.40. The molecule has 0 aliphatic carbocycles. The maximum Gasteiger partial charge on any atom is 0.0716 e. The van der Waals surface area contributed by atoms with Crippen LogP contribution in [-0.2, 0) is 28.7 Å². The van der Waals surface area contributed by atoms with E-state index >= 15 is 0 Å².